The molecule has 1 aliphatic heterocycles. The Balaban J connectivity index is 1.98. The molecule has 2 rings (SSSR count). The van der Waals surface area contributed by atoms with Crippen LogP contribution < -0.4 is 0 Å². The van der Waals surface area contributed by atoms with Crippen LogP contribution in [0.1, 0.15) is 45.4 Å². The molecule has 0 aromatic heterocycles. The Labute approximate surface area is 91.5 Å². The number of carboxylic acids is 1. The number of rotatable bonds is 2. The Morgan fingerprint density at radius 3 is 2.47 bits per heavy atom. The lowest BCUT2D eigenvalue weighted by atomic mass is 9.92. The molecule has 0 aromatic carbocycles. The number of hydrogen-bond donors (Lipinski definition) is 1. The molecule has 1 saturated heterocycles. The van der Waals surface area contributed by atoms with Crippen molar-refractivity contribution in [3.05, 3.63) is 0 Å². The normalized spacial score (nSPS) is 34.5. The molecule has 2 fully saturated rings. The van der Waals surface area contributed by atoms with Gasteiger partial charge in [0.15, 0.2) is 0 Å². The maximum atomic E-state index is 11.0. The van der Waals surface area contributed by atoms with Crippen LogP contribution in [0.25, 0.3) is 0 Å². The van der Waals surface area contributed by atoms with Gasteiger partial charge in [0.2, 0.25) is 0 Å². The number of piperidine rings is 1. The van der Waals surface area contributed by atoms with Crippen LogP contribution in [0.5, 0.6) is 0 Å². The second kappa shape index (κ2) is 4.52. The predicted octanol–water partition coefficient (Wildman–Crippen LogP) is 2.11. The van der Waals surface area contributed by atoms with Gasteiger partial charge in [-0.2, -0.15) is 0 Å². The van der Waals surface area contributed by atoms with Crippen LogP contribution >= 0.6 is 0 Å². The van der Waals surface area contributed by atoms with E-state index in [1.807, 2.05) is 0 Å². The predicted molar refractivity (Wildman–Crippen MR) is 58.8 cm³/mol. The molecular formula is C12H21NO2. The van der Waals surface area contributed by atoms with Crippen molar-refractivity contribution in [2.75, 3.05) is 6.54 Å². The third-order valence-electron chi connectivity index (χ3n) is 4.07. The maximum Gasteiger partial charge on any atom is 0.307 e. The summed E-state index contributed by atoms with van der Waals surface area (Å²) in [6, 6.07) is 1.26. The zero-order valence-corrected chi connectivity index (χ0v) is 9.48. The monoisotopic (exact) mass is 211 g/mol. The Kier molecular flexibility index (Phi) is 3.29. The summed E-state index contributed by atoms with van der Waals surface area (Å²) in [5, 5.41) is 9.06. The van der Waals surface area contributed by atoms with Crippen LogP contribution in [-0.4, -0.2) is 34.6 Å². The first-order valence-corrected chi connectivity index (χ1v) is 6.17. The highest BCUT2D eigenvalue weighted by Gasteiger charge is 2.34. The molecule has 2 atom stereocenters. The van der Waals surface area contributed by atoms with Crippen LogP contribution in [0.15, 0.2) is 0 Å². The average molecular weight is 211 g/mol. The van der Waals surface area contributed by atoms with Gasteiger partial charge in [0.25, 0.3) is 0 Å². The van der Waals surface area contributed by atoms with Gasteiger partial charge in [0.05, 0.1) is 5.92 Å². The second-order valence-electron chi connectivity index (χ2n) is 5.10. The summed E-state index contributed by atoms with van der Waals surface area (Å²) in [5.74, 6) is -0.730. The molecule has 3 heteroatoms. The maximum absolute atomic E-state index is 11.0. The van der Waals surface area contributed by atoms with Crippen molar-refractivity contribution in [1.82, 2.24) is 4.90 Å². The summed E-state index contributed by atoms with van der Waals surface area (Å²) in [7, 11) is 0. The van der Waals surface area contributed by atoms with E-state index in [-0.39, 0.29) is 5.92 Å². The van der Waals surface area contributed by atoms with Crippen LogP contribution in [-0.2, 0) is 4.79 Å². The SMILES string of the molecule is CC1CCC(C(=O)O)CN1C1CCCC1. The largest absolute Gasteiger partial charge is 0.481 e. The topological polar surface area (TPSA) is 40.5 Å². The van der Waals surface area contributed by atoms with E-state index < -0.39 is 5.97 Å². The number of carboxylic acid groups (broad SMARTS) is 1. The van der Waals surface area contributed by atoms with Crippen molar-refractivity contribution in [1.29, 1.82) is 0 Å². The summed E-state index contributed by atoms with van der Waals surface area (Å²) in [6.45, 7) is 3.03. The quantitative estimate of drug-likeness (QED) is 0.760. The molecule has 2 unspecified atom stereocenters. The van der Waals surface area contributed by atoms with Crippen LogP contribution in [0.2, 0.25) is 0 Å². The van der Waals surface area contributed by atoms with E-state index in [1.54, 1.807) is 0 Å². The van der Waals surface area contributed by atoms with Gasteiger partial charge in [0.1, 0.15) is 0 Å². The molecule has 0 aromatic rings. The van der Waals surface area contributed by atoms with E-state index in [4.69, 9.17) is 5.11 Å². The standard InChI is InChI=1S/C12H21NO2/c1-9-6-7-10(12(14)15)8-13(9)11-4-2-3-5-11/h9-11H,2-8H2,1H3,(H,14,15). The lowest BCUT2D eigenvalue weighted by Gasteiger charge is -2.40. The Morgan fingerprint density at radius 2 is 1.87 bits per heavy atom. The molecule has 1 N–H and O–H groups in total. The molecule has 1 saturated carbocycles. The van der Waals surface area contributed by atoms with Gasteiger partial charge in [-0.1, -0.05) is 12.8 Å². The zero-order valence-electron chi connectivity index (χ0n) is 9.48. The molecule has 86 valence electrons. The fourth-order valence-electron chi connectivity index (χ4n) is 3.08. The average Bonchev–Trinajstić information content (AvgIpc) is 2.71. The molecule has 1 aliphatic carbocycles. The minimum absolute atomic E-state index is 0.123. The van der Waals surface area contributed by atoms with Gasteiger partial charge in [-0.25, -0.2) is 0 Å². The van der Waals surface area contributed by atoms with Crippen molar-refractivity contribution in [2.24, 2.45) is 5.92 Å². The number of nitrogens with zero attached hydrogens (tertiary/aromatic N) is 1. The molecule has 0 radical (unpaired) electrons. The van der Waals surface area contributed by atoms with Crippen LogP contribution in [0.4, 0.5) is 0 Å². The summed E-state index contributed by atoms with van der Waals surface area (Å²) in [4.78, 5) is 13.4. The highest BCUT2D eigenvalue weighted by atomic mass is 16.4. The van der Waals surface area contributed by atoms with Crippen molar-refractivity contribution in [2.45, 2.75) is 57.5 Å². The Morgan fingerprint density at radius 1 is 1.20 bits per heavy atom. The van der Waals surface area contributed by atoms with Crippen molar-refractivity contribution in [3.63, 3.8) is 0 Å². The summed E-state index contributed by atoms with van der Waals surface area (Å²) in [5.41, 5.74) is 0. The number of likely N-dealkylation sites (tertiary alicyclic amines) is 1. The van der Waals surface area contributed by atoms with Gasteiger partial charge in [0, 0.05) is 18.6 Å². The van der Waals surface area contributed by atoms with E-state index in [2.05, 4.69) is 11.8 Å². The number of hydrogen-bond acceptors (Lipinski definition) is 2. The lowest BCUT2D eigenvalue weighted by Crippen LogP contribution is -2.48. The third-order valence-corrected chi connectivity index (χ3v) is 4.07. The first-order chi connectivity index (χ1) is 7.18. The Bertz CT molecular complexity index is 236. The first-order valence-electron chi connectivity index (χ1n) is 6.17. The van der Waals surface area contributed by atoms with Crippen molar-refractivity contribution < 1.29 is 9.90 Å². The molecule has 3 nitrogen and oxygen atoms in total. The zero-order chi connectivity index (χ0) is 10.8. The molecular weight excluding hydrogens is 190 g/mol. The van der Waals surface area contributed by atoms with Gasteiger partial charge in [-0.05, 0) is 32.6 Å². The number of carbonyl (C=O) groups is 1. The highest BCUT2D eigenvalue weighted by molar-refractivity contribution is 5.70. The minimum atomic E-state index is -0.607. The van der Waals surface area contributed by atoms with Gasteiger partial charge in [-0.3, -0.25) is 9.69 Å². The molecule has 0 spiro atoms. The fraction of sp³-hybridized carbons (Fsp3) is 0.917. The van der Waals surface area contributed by atoms with E-state index in [0.717, 1.165) is 19.4 Å². The van der Waals surface area contributed by atoms with Crippen molar-refractivity contribution in [3.8, 4) is 0 Å². The smallest absolute Gasteiger partial charge is 0.307 e. The fourth-order valence-corrected chi connectivity index (χ4v) is 3.08. The third kappa shape index (κ3) is 2.33. The first kappa shape index (κ1) is 10.9. The summed E-state index contributed by atoms with van der Waals surface area (Å²) >= 11 is 0. The van der Waals surface area contributed by atoms with E-state index in [0.29, 0.717) is 12.1 Å². The van der Waals surface area contributed by atoms with E-state index >= 15 is 0 Å². The van der Waals surface area contributed by atoms with Crippen molar-refractivity contribution >= 4 is 5.97 Å². The molecule has 0 amide bonds. The lowest BCUT2D eigenvalue weighted by molar-refractivity contribution is -0.144. The van der Waals surface area contributed by atoms with Gasteiger partial charge < -0.3 is 5.11 Å². The highest BCUT2D eigenvalue weighted by Crippen LogP contribution is 2.31. The van der Waals surface area contributed by atoms with E-state index in [9.17, 15) is 4.79 Å². The molecule has 0 bridgehead atoms. The van der Waals surface area contributed by atoms with E-state index in [1.165, 1.54) is 25.7 Å². The Hall–Kier alpha value is -0.570. The van der Waals surface area contributed by atoms with Crippen LogP contribution in [0, 0.1) is 5.92 Å². The van der Waals surface area contributed by atoms with Gasteiger partial charge in [-0.15, -0.1) is 0 Å². The second-order valence-corrected chi connectivity index (χ2v) is 5.10. The molecule has 15 heavy (non-hydrogen) atoms. The molecule has 2 aliphatic rings. The minimum Gasteiger partial charge on any atom is -0.481 e. The summed E-state index contributed by atoms with van der Waals surface area (Å²) in [6.07, 6.45) is 7.11. The summed E-state index contributed by atoms with van der Waals surface area (Å²) < 4.78 is 0. The van der Waals surface area contributed by atoms with Crippen LogP contribution in [0.3, 0.4) is 0 Å². The number of aliphatic carboxylic acids is 1. The van der Waals surface area contributed by atoms with Gasteiger partial charge >= 0.3 is 5.97 Å². The molecule has 1 heterocycles.